The Kier molecular flexibility index (Phi) is 4.88. The van der Waals surface area contributed by atoms with Crippen molar-refractivity contribution in [2.75, 3.05) is 11.1 Å². The molecule has 4 rings (SSSR count). The van der Waals surface area contributed by atoms with E-state index in [4.69, 9.17) is 0 Å². The Morgan fingerprint density at radius 3 is 2.67 bits per heavy atom. The summed E-state index contributed by atoms with van der Waals surface area (Å²) in [7, 11) is 0. The lowest BCUT2D eigenvalue weighted by Crippen LogP contribution is -2.14. The molecule has 0 aliphatic rings. The first kappa shape index (κ1) is 18.0. The number of nitrogens with one attached hydrogen (secondary N) is 1. The van der Waals surface area contributed by atoms with E-state index in [2.05, 4.69) is 63.5 Å². The summed E-state index contributed by atoms with van der Waals surface area (Å²) in [6, 6.07) is 15.8. The fourth-order valence-electron chi connectivity index (χ4n) is 3.08. The van der Waals surface area contributed by atoms with Crippen LogP contribution < -0.4 is 5.32 Å². The number of thioether (sulfide) groups is 1. The Bertz CT molecular complexity index is 1150. The molecular formula is C20H17BrN4OS. The lowest BCUT2D eigenvalue weighted by atomic mass is 10.1. The maximum atomic E-state index is 12.3. The molecule has 0 aliphatic carbocycles. The standard InChI is InChI=1S/C20H17BrN4OS/c1-12-4-3-5-16-13(2)10-17-23-24-20(25(17)19(12)16)27-11-18(26)22-15-8-6-14(21)7-9-15/h3-10H,11H2,1-2H3,(H,22,26). The monoisotopic (exact) mass is 440 g/mol. The van der Waals surface area contributed by atoms with Gasteiger partial charge in [-0.2, -0.15) is 0 Å². The molecule has 136 valence electrons. The highest BCUT2D eigenvalue weighted by Gasteiger charge is 2.14. The van der Waals surface area contributed by atoms with Crippen molar-refractivity contribution in [2.24, 2.45) is 0 Å². The minimum Gasteiger partial charge on any atom is -0.325 e. The number of amides is 1. The van der Waals surface area contributed by atoms with Gasteiger partial charge in [0.2, 0.25) is 5.91 Å². The molecule has 0 fully saturated rings. The average Bonchev–Trinajstić information content (AvgIpc) is 3.05. The van der Waals surface area contributed by atoms with Crippen LogP contribution in [0.3, 0.4) is 0 Å². The van der Waals surface area contributed by atoms with Gasteiger partial charge in [0.05, 0.1) is 11.3 Å². The van der Waals surface area contributed by atoms with E-state index in [1.54, 1.807) is 0 Å². The second-order valence-corrected chi connectivity index (χ2v) is 8.18. The Hall–Kier alpha value is -2.38. The number of aryl methyl sites for hydroxylation is 2. The first-order valence-corrected chi connectivity index (χ1v) is 10.2. The lowest BCUT2D eigenvalue weighted by molar-refractivity contribution is -0.113. The van der Waals surface area contributed by atoms with E-state index in [9.17, 15) is 4.79 Å². The van der Waals surface area contributed by atoms with Crippen molar-refractivity contribution >= 4 is 55.8 Å². The Labute approximate surface area is 169 Å². The Morgan fingerprint density at radius 1 is 1.11 bits per heavy atom. The number of carbonyl (C=O) groups is 1. The van der Waals surface area contributed by atoms with Crippen LogP contribution in [0, 0.1) is 13.8 Å². The third kappa shape index (κ3) is 3.57. The number of anilines is 1. The fourth-order valence-corrected chi connectivity index (χ4v) is 4.09. The highest BCUT2D eigenvalue weighted by Crippen LogP contribution is 2.28. The van der Waals surface area contributed by atoms with Crippen LogP contribution in [0.1, 0.15) is 11.1 Å². The van der Waals surface area contributed by atoms with Gasteiger partial charge in [-0.3, -0.25) is 9.20 Å². The quantitative estimate of drug-likeness (QED) is 0.454. The molecule has 2 heterocycles. The number of fused-ring (bicyclic) bond motifs is 3. The molecule has 2 aromatic carbocycles. The first-order valence-electron chi connectivity index (χ1n) is 8.45. The molecule has 7 heteroatoms. The highest BCUT2D eigenvalue weighted by atomic mass is 79.9. The number of halogens is 1. The second kappa shape index (κ2) is 7.32. The van der Waals surface area contributed by atoms with Crippen LogP contribution in [0.2, 0.25) is 0 Å². The summed E-state index contributed by atoms with van der Waals surface area (Å²) in [6.45, 7) is 4.16. The van der Waals surface area contributed by atoms with Gasteiger partial charge in [0, 0.05) is 15.5 Å². The summed E-state index contributed by atoms with van der Waals surface area (Å²) in [5.74, 6) is 0.185. The van der Waals surface area contributed by atoms with Gasteiger partial charge in [-0.1, -0.05) is 45.9 Å². The van der Waals surface area contributed by atoms with Crippen molar-refractivity contribution < 1.29 is 4.79 Å². The number of rotatable bonds is 4. The molecule has 4 aromatic rings. The van der Waals surface area contributed by atoms with Gasteiger partial charge in [-0.05, 0) is 55.3 Å². The number of carbonyl (C=O) groups excluding carboxylic acids is 1. The predicted molar refractivity (Wildman–Crippen MR) is 113 cm³/mol. The van der Waals surface area contributed by atoms with Crippen molar-refractivity contribution in [1.82, 2.24) is 14.6 Å². The largest absolute Gasteiger partial charge is 0.325 e. The van der Waals surface area contributed by atoms with E-state index in [-0.39, 0.29) is 11.7 Å². The van der Waals surface area contributed by atoms with E-state index in [1.165, 1.54) is 17.1 Å². The maximum absolute atomic E-state index is 12.3. The van der Waals surface area contributed by atoms with Crippen molar-refractivity contribution in [1.29, 1.82) is 0 Å². The molecule has 0 saturated heterocycles. The van der Waals surface area contributed by atoms with E-state index in [0.717, 1.165) is 37.6 Å². The van der Waals surface area contributed by atoms with Gasteiger partial charge in [-0.25, -0.2) is 0 Å². The van der Waals surface area contributed by atoms with Crippen LogP contribution in [-0.2, 0) is 4.79 Å². The van der Waals surface area contributed by atoms with Crippen molar-refractivity contribution in [3.63, 3.8) is 0 Å². The molecule has 0 atom stereocenters. The maximum Gasteiger partial charge on any atom is 0.234 e. The van der Waals surface area contributed by atoms with Crippen LogP contribution in [0.5, 0.6) is 0 Å². The topological polar surface area (TPSA) is 59.3 Å². The van der Waals surface area contributed by atoms with Crippen LogP contribution in [0.15, 0.2) is 58.2 Å². The fraction of sp³-hybridized carbons (Fsp3) is 0.150. The van der Waals surface area contributed by atoms with Gasteiger partial charge in [-0.15, -0.1) is 10.2 Å². The number of benzene rings is 2. The molecule has 0 saturated carbocycles. The lowest BCUT2D eigenvalue weighted by Gasteiger charge is -2.10. The normalized spacial score (nSPS) is 11.2. The summed E-state index contributed by atoms with van der Waals surface area (Å²) in [4.78, 5) is 12.3. The SMILES string of the molecule is Cc1cc2nnc(SCC(=O)Nc3ccc(Br)cc3)n2c2c(C)cccc12. The molecule has 5 nitrogen and oxygen atoms in total. The van der Waals surface area contributed by atoms with Crippen LogP contribution in [0.4, 0.5) is 5.69 Å². The van der Waals surface area contributed by atoms with Crippen LogP contribution >= 0.6 is 27.7 Å². The van der Waals surface area contributed by atoms with E-state index in [0.29, 0.717) is 0 Å². The average molecular weight is 441 g/mol. The molecule has 0 spiro atoms. The van der Waals surface area contributed by atoms with Crippen molar-refractivity contribution in [2.45, 2.75) is 19.0 Å². The molecule has 0 radical (unpaired) electrons. The Morgan fingerprint density at radius 2 is 1.89 bits per heavy atom. The molecule has 0 unspecified atom stereocenters. The van der Waals surface area contributed by atoms with E-state index < -0.39 is 0 Å². The smallest absolute Gasteiger partial charge is 0.234 e. The van der Waals surface area contributed by atoms with Gasteiger partial charge in [0.1, 0.15) is 0 Å². The van der Waals surface area contributed by atoms with Gasteiger partial charge >= 0.3 is 0 Å². The molecule has 1 amide bonds. The van der Waals surface area contributed by atoms with Gasteiger partial charge < -0.3 is 5.32 Å². The molecule has 0 bridgehead atoms. The molecule has 27 heavy (non-hydrogen) atoms. The molecule has 2 aromatic heterocycles. The van der Waals surface area contributed by atoms with E-state index >= 15 is 0 Å². The second-order valence-electron chi connectivity index (χ2n) is 6.32. The molecule has 0 aliphatic heterocycles. The number of nitrogens with zero attached hydrogens (tertiary/aromatic N) is 3. The summed E-state index contributed by atoms with van der Waals surface area (Å²) < 4.78 is 3.01. The van der Waals surface area contributed by atoms with Crippen LogP contribution in [-0.4, -0.2) is 26.3 Å². The minimum atomic E-state index is -0.0767. The molecular weight excluding hydrogens is 424 g/mol. The predicted octanol–water partition coefficient (Wildman–Crippen LogP) is 4.99. The van der Waals surface area contributed by atoms with E-state index in [1.807, 2.05) is 34.7 Å². The number of pyridine rings is 1. The Balaban J connectivity index is 1.61. The number of para-hydroxylation sites is 1. The third-order valence-electron chi connectivity index (χ3n) is 4.35. The number of hydrogen-bond acceptors (Lipinski definition) is 4. The number of aromatic nitrogens is 3. The summed E-state index contributed by atoms with van der Waals surface area (Å²) in [5, 5.41) is 13.4. The highest BCUT2D eigenvalue weighted by molar-refractivity contribution is 9.10. The van der Waals surface area contributed by atoms with Crippen molar-refractivity contribution in [3.8, 4) is 0 Å². The van der Waals surface area contributed by atoms with Gasteiger partial charge in [0.25, 0.3) is 0 Å². The zero-order valence-corrected chi connectivity index (χ0v) is 17.3. The molecule has 1 N–H and O–H groups in total. The zero-order valence-electron chi connectivity index (χ0n) is 14.9. The number of hydrogen-bond donors (Lipinski definition) is 1. The minimum absolute atomic E-state index is 0.0767. The third-order valence-corrected chi connectivity index (χ3v) is 5.81. The summed E-state index contributed by atoms with van der Waals surface area (Å²) in [5.41, 5.74) is 4.98. The summed E-state index contributed by atoms with van der Waals surface area (Å²) in [6.07, 6.45) is 0. The van der Waals surface area contributed by atoms with Crippen molar-refractivity contribution in [3.05, 3.63) is 64.1 Å². The summed E-state index contributed by atoms with van der Waals surface area (Å²) >= 11 is 4.77. The zero-order chi connectivity index (χ0) is 19.0. The van der Waals surface area contributed by atoms with Gasteiger partial charge in [0.15, 0.2) is 10.8 Å². The first-order chi connectivity index (χ1) is 13.0. The van der Waals surface area contributed by atoms with Crippen LogP contribution in [0.25, 0.3) is 16.6 Å².